The summed E-state index contributed by atoms with van der Waals surface area (Å²) in [5, 5.41) is 9.22. The van der Waals surface area contributed by atoms with E-state index < -0.39 is 6.55 Å². The van der Waals surface area contributed by atoms with Gasteiger partial charge < -0.3 is 0 Å². The summed E-state index contributed by atoms with van der Waals surface area (Å²) in [6, 6.07) is 7.14. The minimum atomic E-state index is -2.64. The largest absolute Gasteiger partial charge is 0.319 e. The van der Waals surface area contributed by atoms with Crippen molar-refractivity contribution in [2.24, 2.45) is 7.05 Å². The number of hydrogen-bond donors (Lipinski definition) is 0. The van der Waals surface area contributed by atoms with Gasteiger partial charge in [0.25, 0.3) is 5.56 Å². The molecule has 0 fully saturated rings. The summed E-state index contributed by atoms with van der Waals surface area (Å²) in [4.78, 5) is 16.4. The van der Waals surface area contributed by atoms with Crippen LogP contribution in [0.5, 0.6) is 0 Å². The third-order valence-electron chi connectivity index (χ3n) is 3.89. The maximum atomic E-state index is 12.9. The van der Waals surface area contributed by atoms with Crippen molar-refractivity contribution in [1.82, 2.24) is 28.7 Å². The van der Waals surface area contributed by atoms with E-state index in [1.54, 1.807) is 29.6 Å². The van der Waals surface area contributed by atoms with Gasteiger partial charge in [-0.25, -0.2) is 4.98 Å². The van der Waals surface area contributed by atoms with Crippen LogP contribution >= 0.6 is 11.8 Å². The number of aromatic nitrogens is 6. The third-order valence-corrected chi connectivity index (χ3v) is 4.81. The number of alkyl halides is 2. The lowest BCUT2D eigenvalue weighted by Crippen LogP contribution is -2.20. The van der Waals surface area contributed by atoms with Crippen LogP contribution in [0.3, 0.4) is 0 Å². The average molecular weight is 362 g/mol. The quantitative estimate of drug-likeness (QED) is 0.522. The average Bonchev–Trinajstić information content (AvgIpc) is 3.24. The first kappa shape index (κ1) is 15.8. The van der Waals surface area contributed by atoms with Crippen LogP contribution in [0.1, 0.15) is 12.4 Å². The fourth-order valence-corrected chi connectivity index (χ4v) is 3.56. The Labute approximate surface area is 143 Å². The molecule has 0 unspecified atom stereocenters. The van der Waals surface area contributed by atoms with E-state index in [0.717, 1.165) is 4.57 Å². The smallest absolute Gasteiger partial charge is 0.279 e. The second kappa shape index (κ2) is 5.96. The Morgan fingerprint density at radius 2 is 2.04 bits per heavy atom. The van der Waals surface area contributed by atoms with E-state index in [2.05, 4.69) is 15.2 Å². The Hall–Kier alpha value is -2.75. The molecule has 0 amide bonds. The van der Waals surface area contributed by atoms with Crippen LogP contribution in [0, 0.1) is 0 Å². The van der Waals surface area contributed by atoms with Crippen LogP contribution in [0.25, 0.3) is 16.7 Å². The van der Waals surface area contributed by atoms with E-state index in [9.17, 15) is 13.6 Å². The number of aryl methyl sites for hydroxylation is 1. The van der Waals surface area contributed by atoms with E-state index in [-0.39, 0.29) is 17.1 Å². The van der Waals surface area contributed by atoms with Gasteiger partial charge in [0.15, 0.2) is 5.16 Å². The Balaban J connectivity index is 1.81. The molecule has 0 bridgehead atoms. The van der Waals surface area contributed by atoms with Crippen molar-refractivity contribution in [3.8, 4) is 0 Å². The van der Waals surface area contributed by atoms with Gasteiger partial charge in [0.05, 0.1) is 16.7 Å². The molecule has 0 aliphatic rings. The molecule has 0 N–H and O–H groups in total. The van der Waals surface area contributed by atoms with Gasteiger partial charge in [0.2, 0.25) is 5.78 Å². The number of thioether (sulfide) groups is 1. The fraction of sp³-hybridized carbons (Fsp3) is 0.200. The SMILES string of the molecule is Cn1c(=O)c2ccccc2n2c(SCc3nccn3C(F)F)nnc12. The molecule has 7 nitrogen and oxygen atoms in total. The Kier molecular flexibility index (Phi) is 3.75. The van der Waals surface area contributed by atoms with Gasteiger partial charge >= 0.3 is 6.55 Å². The van der Waals surface area contributed by atoms with Gasteiger partial charge in [-0.1, -0.05) is 23.9 Å². The zero-order valence-electron chi connectivity index (χ0n) is 13.0. The minimum absolute atomic E-state index is 0.166. The summed E-state index contributed by atoms with van der Waals surface area (Å²) in [6.45, 7) is -2.64. The zero-order valence-corrected chi connectivity index (χ0v) is 13.8. The normalized spacial score (nSPS) is 11.8. The van der Waals surface area contributed by atoms with Crippen LogP contribution in [0.15, 0.2) is 46.6 Å². The van der Waals surface area contributed by atoms with Gasteiger partial charge in [-0.05, 0) is 12.1 Å². The van der Waals surface area contributed by atoms with Crippen molar-refractivity contribution in [3.63, 3.8) is 0 Å². The minimum Gasteiger partial charge on any atom is -0.279 e. The Morgan fingerprint density at radius 1 is 1.24 bits per heavy atom. The van der Waals surface area contributed by atoms with Gasteiger partial charge in [0.1, 0.15) is 5.82 Å². The van der Waals surface area contributed by atoms with E-state index >= 15 is 0 Å². The molecule has 0 spiro atoms. The van der Waals surface area contributed by atoms with E-state index in [1.807, 2.05) is 6.07 Å². The molecule has 0 saturated heterocycles. The highest BCUT2D eigenvalue weighted by molar-refractivity contribution is 7.98. The van der Waals surface area contributed by atoms with Crippen LogP contribution in [-0.2, 0) is 12.8 Å². The lowest BCUT2D eigenvalue weighted by molar-refractivity contribution is 0.0678. The summed E-state index contributed by atoms with van der Waals surface area (Å²) in [6.07, 6.45) is 2.57. The molecular weight excluding hydrogens is 350 g/mol. The number of rotatable bonds is 4. The van der Waals surface area contributed by atoms with E-state index in [0.29, 0.717) is 21.8 Å². The van der Waals surface area contributed by atoms with E-state index in [4.69, 9.17) is 0 Å². The molecule has 3 aromatic heterocycles. The molecular formula is C15H12F2N6OS. The summed E-state index contributed by atoms with van der Waals surface area (Å²) >= 11 is 1.23. The van der Waals surface area contributed by atoms with E-state index in [1.165, 1.54) is 28.7 Å². The van der Waals surface area contributed by atoms with Gasteiger partial charge in [-0.2, -0.15) is 8.78 Å². The molecule has 0 aliphatic carbocycles. The van der Waals surface area contributed by atoms with Crippen LogP contribution < -0.4 is 5.56 Å². The van der Waals surface area contributed by atoms with Gasteiger partial charge in [-0.15, -0.1) is 10.2 Å². The molecule has 0 aliphatic heterocycles. The molecule has 10 heteroatoms. The molecule has 25 heavy (non-hydrogen) atoms. The molecule has 0 saturated carbocycles. The van der Waals surface area contributed by atoms with Crippen LogP contribution in [0.2, 0.25) is 0 Å². The number of nitrogens with zero attached hydrogens (tertiary/aromatic N) is 6. The zero-order chi connectivity index (χ0) is 17.6. The highest BCUT2D eigenvalue weighted by atomic mass is 32.2. The molecule has 3 heterocycles. The molecule has 0 radical (unpaired) electrons. The second-order valence-corrected chi connectivity index (χ2v) is 6.26. The predicted molar refractivity (Wildman–Crippen MR) is 88.8 cm³/mol. The summed E-state index contributed by atoms with van der Waals surface area (Å²) < 4.78 is 29.8. The maximum absolute atomic E-state index is 12.9. The first-order valence-corrected chi connectivity index (χ1v) is 8.32. The van der Waals surface area contributed by atoms with Crippen molar-refractivity contribution in [2.45, 2.75) is 17.5 Å². The van der Waals surface area contributed by atoms with Crippen molar-refractivity contribution in [1.29, 1.82) is 0 Å². The lowest BCUT2D eigenvalue weighted by atomic mass is 10.2. The number of benzene rings is 1. The van der Waals surface area contributed by atoms with Gasteiger partial charge in [-0.3, -0.25) is 18.3 Å². The second-order valence-electron chi connectivity index (χ2n) is 5.32. The first-order chi connectivity index (χ1) is 12.1. The number of halogens is 2. The highest BCUT2D eigenvalue weighted by Crippen LogP contribution is 2.25. The summed E-state index contributed by atoms with van der Waals surface area (Å²) in [5.74, 6) is 0.837. The number of para-hydroxylation sites is 1. The van der Waals surface area contributed by atoms with Crippen LogP contribution in [0.4, 0.5) is 8.78 Å². The van der Waals surface area contributed by atoms with Crippen molar-refractivity contribution < 1.29 is 8.78 Å². The highest BCUT2D eigenvalue weighted by Gasteiger charge is 2.17. The predicted octanol–water partition coefficient (Wildman–Crippen LogP) is 2.47. The maximum Gasteiger partial charge on any atom is 0.319 e. The van der Waals surface area contributed by atoms with Gasteiger partial charge in [0, 0.05) is 19.4 Å². The first-order valence-electron chi connectivity index (χ1n) is 7.33. The number of imidazole rings is 1. The van der Waals surface area contributed by atoms with Crippen molar-refractivity contribution in [3.05, 3.63) is 52.8 Å². The Morgan fingerprint density at radius 3 is 2.84 bits per heavy atom. The monoisotopic (exact) mass is 362 g/mol. The van der Waals surface area contributed by atoms with Crippen molar-refractivity contribution in [2.75, 3.05) is 0 Å². The molecule has 4 rings (SSSR count). The lowest BCUT2D eigenvalue weighted by Gasteiger charge is -2.08. The van der Waals surface area contributed by atoms with Crippen molar-refractivity contribution >= 4 is 28.4 Å². The standard InChI is InChI=1S/C15H12F2N6OS/c1-21-12(24)9-4-2-3-5-10(9)23-14(21)19-20-15(23)25-8-11-18-6-7-22(11)13(16)17/h2-7,13H,8H2,1H3. The molecule has 0 atom stereocenters. The fourth-order valence-electron chi connectivity index (χ4n) is 2.67. The summed E-state index contributed by atoms with van der Waals surface area (Å²) in [5.41, 5.74) is 0.505. The van der Waals surface area contributed by atoms with Crippen LogP contribution in [-0.4, -0.2) is 28.7 Å². The Bertz CT molecular complexity index is 1130. The molecule has 128 valence electrons. The molecule has 1 aromatic carbocycles. The summed E-state index contributed by atoms with van der Waals surface area (Å²) in [7, 11) is 1.62. The number of fused-ring (bicyclic) bond motifs is 3. The molecule has 4 aromatic rings. The third kappa shape index (κ3) is 2.49. The topological polar surface area (TPSA) is 70.0 Å². The number of hydrogen-bond acceptors (Lipinski definition) is 5.